The van der Waals surface area contributed by atoms with Crippen molar-refractivity contribution in [2.45, 2.75) is 51.6 Å². The number of likely N-dealkylation sites (tertiary alicyclic amines) is 1. The van der Waals surface area contributed by atoms with Crippen LogP contribution in [0.15, 0.2) is 24.4 Å². The van der Waals surface area contributed by atoms with Crippen molar-refractivity contribution in [3.05, 3.63) is 30.1 Å². The summed E-state index contributed by atoms with van der Waals surface area (Å²) in [6.07, 6.45) is 2.68. The summed E-state index contributed by atoms with van der Waals surface area (Å²) in [7, 11) is 0. The van der Waals surface area contributed by atoms with Crippen LogP contribution in [-0.2, 0) is 4.79 Å². The van der Waals surface area contributed by atoms with E-state index in [9.17, 15) is 4.79 Å². The maximum atomic E-state index is 12.3. The third kappa shape index (κ3) is 3.57. The van der Waals surface area contributed by atoms with Crippen LogP contribution in [0, 0.1) is 0 Å². The zero-order valence-electron chi connectivity index (χ0n) is 12.9. The average molecular weight is 275 g/mol. The topological polar surface area (TPSA) is 45.2 Å². The van der Waals surface area contributed by atoms with E-state index in [0.717, 1.165) is 25.2 Å². The van der Waals surface area contributed by atoms with Crippen molar-refractivity contribution in [1.29, 1.82) is 0 Å². The fourth-order valence-corrected chi connectivity index (χ4v) is 2.63. The highest BCUT2D eigenvalue weighted by atomic mass is 16.2. The quantitative estimate of drug-likeness (QED) is 0.916. The molecule has 1 amide bonds. The lowest BCUT2D eigenvalue weighted by Gasteiger charge is -2.43. The molecule has 0 saturated carbocycles. The fourth-order valence-electron chi connectivity index (χ4n) is 2.63. The number of pyridine rings is 1. The second-order valence-corrected chi connectivity index (χ2v) is 6.57. The summed E-state index contributed by atoms with van der Waals surface area (Å²) in [4.78, 5) is 18.9. The number of aromatic nitrogens is 1. The van der Waals surface area contributed by atoms with Crippen LogP contribution in [0.25, 0.3) is 0 Å². The normalized spacial score (nSPS) is 18.4. The van der Waals surface area contributed by atoms with Gasteiger partial charge in [-0.3, -0.25) is 14.7 Å². The molecular formula is C16H25N3O. The molecule has 1 aliphatic rings. The van der Waals surface area contributed by atoms with E-state index in [1.54, 1.807) is 0 Å². The number of hydrogen-bond donors (Lipinski definition) is 1. The first-order valence-corrected chi connectivity index (χ1v) is 7.37. The van der Waals surface area contributed by atoms with Crippen LogP contribution in [0.1, 0.15) is 45.7 Å². The van der Waals surface area contributed by atoms with Gasteiger partial charge in [-0.2, -0.15) is 0 Å². The first kappa shape index (κ1) is 15.0. The maximum Gasteiger partial charge on any atom is 0.237 e. The van der Waals surface area contributed by atoms with Crippen molar-refractivity contribution < 1.29 is 4.79 Å². The van der Waals surface area contributed by atoms with Crippen LogP contribution in [0.3, 0.4) is 0 Å². The molecule has 1 aromatic rings. The van der Waals surface area contributed by atoms with E-state index in [4.69, 9.17) is 0 Å². The van der Waals surface area contributed by atoms with E-state index in [-0.39, 0.29) is 17.5 Å². The van der Waals surface area contributed by atoms with Crippen LogP contribution >= 0.6 is 0 Å². The molecule has 4 heteroatoms. The Labute approximate surface area is 121 Å². The second-order valence-electron chi connectivity index (χ2n) is 6.57. The molecule has 0 bridgehead atoms. The van der Waals surface area contributed by atoms with Gasteiger partial charge in [-0.15, -0.1) is 0 Å². The molecule has 20 heavy (non-hydrogen) atoms. The molecule has 1 atom stereocenters. The second kappa shape index (κ2) is 5.92. The molecule has 1 N–H and O–H groups in total. The van der Waals surface area contributed by atoms with Gasteiger partial charge in [-0.1, -0.05) is 13.0 Å². The smallest absolute Gasteiger partial charge is 0.237 e. The van der Waals surface area contributed by atoms with Gasteiger partial charge in [0.25, 0.3) is 0 Å². The Morgan fingerprint density at radius 2 is 2.15 bits per heavy atom. The summed E-state index contributed by atoms with van der Waals surface area (Å²) in [5.41, 5.74) is 0.963. The minimum atomic E-state index is -0.171. The minimum absolute atomic E-state index is 0.0193. The van der Waals surface area contributed by atoms with Gasteiger partial charge in [0.2, 0.25) is 5.91 Å². The van der Waals surface area contributed by atoms with Crippen molar-refractivity contribution >= 4 is 5.91 Å². The summed E-state index contributed by atoms with van der Waals surface area (Å²) in [6.45, 7) is 9.97. The van der Waals surface area contributed by atoms with E-state index < -0.39 is 0 Å². The lowest BCUT2D eigenvalue weighted by atomic mass is 9.92. The molecular weight excluding hydrogens is 250 g/mol. The van der Waals surface area contributed by atoms with E-state index in [1.165, 1.54) is 0 Å². The van der Waals surface area contributed by atoms with Gasteiger partial charge >= 0.3 is 0 Å². The fraction of sp³-hybridized carbons (Fsp3) is 0.625. The third-order valence-corrected chi connectivity index (χ3v) is 3.64. The lowest BCUT2D eigenvalue weighted by molar-refractivity contribution is -0.130. The molecule has 0 aliphatic carbocycles. The van der Waals surface area contributed by atoms with Gasteiger partial charge in [0, 0.05) is 36.4 Å². The summed E-state index contributed by atoms with van der Waals surface area (Å²) >= 11 is 0. The number of rotatable bonds is 4. The van der Waals surface area contributed by atoms with Gasteiger partial charge in [0.05, 0.1) is 6.04 Å². The van der Waals surface area contributed by atoms with Crippen LogP contribution in [-0.4, -0.2) is 40.5 Å². The first-order chi connectivity index (χ1) is 9.40. The molecule has 2 heterocycles. The standard InChI is InChI=1S/C16H25N3O/c1-5-14(15(20)18-16(2,3)4)19-10-12(11-19)13-8-6-7-9-17-13/h6-9,12,14H,5,10-11H2,1-4H3,(H,18,20)/t14-/m1/s1. The maximum absolute atomic E-state index is 12.3. The van der Waals surface area contributed by atoms with Gasteiger partial charge in [-0.05, 0) is 39.3 Å². The Morgan fingerprint density at radius 3 is 2.65 bits per heavy atom. The summed E-state index contributed by atoms with van der Waals surface area (Å²) in [5, 5.41) is 3.08. The van der Waals surface area contributed by atoms with Gasteiger partial charge < -0.3 is 5.32 Å². The highest BCUT2D eigenvalue weighted by molar-refractivity contribution is 5.82. The predicted octanol–water partition coefficient (Wildman–Crippen LogP) is 2.17. The molecule has 0 unspecified atom stereocenters. The number of nitrogens with zero attached hydrogens (tertiary/aromatic N) is 2. The molecule has 1 aliphatic heterocycles. The molecule has 2 rings (SSSR count). The first-order valence-electron chi connectivity index (χ1n) is 7.37. The molecule has 4 nitrogen and oxygen atoms in total. The highest BCUT2D eigenvalue weighted by Gasteiger charge is 2.37. The van der Waals surface area contributed by atoms with Crippen LogP contribution in [0.2, 0.25) is 0 Å². The summed E-state index contributed by atoms with van der Waals surface area (Å²) in [6, 6.07) is 6.01. The molecule has 1 aromatic heterocycles. The van der Waals surface area contributed by atoms with E-state index in [1.807, 2.05) is 39.1 Å². The predicted molar refractivity (Wildman–Crippen MR) is 80.5 cm³/mol. The third-order valence-electron chi connectivity index (χ3n) is 3.64. The number of amides is 1. The summed E-state index contributed by atoms with van der Waals surface area (Å²) in [5.74, 6) is 0.604. The zero-order valence-corrected chi connectivity index (χ0v) is 12.9. The molecule has 110 valence electrons. The van der Waals surface area contributed by atoms with Crippen molar-refractivity contribution in [2.75, 3.05) is 13.1 Å². The number of carbonyl (C=O) groups is 1. The summed E-state index contributed by atoms with van der Waals surface area (Å²) < 4.78 is 0. The molecule has 1 saturated heterocycles. The highest BCUT2D eigenvalue weighted by Crippen LogP contribution is 2.28. The molecule has 0 radical (unpaired) electrons. The number of carbonyl (C=O) groups excluding carboxylic acids is 1. The van der Waals surface area contributed by atoms with Crippen molar-refractivity contribution in [1.82, 2.24) is 15.2 Å². The van der Waals surface area contributed by atoms with Gasteiger partial charge in [0.15, 0.2) is 0 Å². The van der Waals surface area contributed by atoms with Crippen molar-refractivity contribution in [3.8, 4) is 0 Å². The Balaban J connectivity index is 1.91. The van der Waals surface area contributed by atoms with E-state index in [0.29, 0.717) is 5.92 Å². The molecule has 0 aromatic carbocycles. The Morgan fingerprint density at radius 1 is 1.45 bits per heavy atom. The zero-order chi connectivity index (χ0) is 14.8. The largest absolute Gasteiger partial charge is 0.350 e. The minimum Gasteiger partial charge on any atom is -0.350 e. The van der Waals surface area contributed by atoms with E-state index in [2.05, 4.69) is 28.2 Å². The lowest BCUT2D eigenvalue weighted by Crippen LogP contribution is -2.58. The Hall–Kier alpha value is -1.42. The van der Waals surface area contributed by atoms with Crippen LogP contribution in [0.4, 0.5) is 0 Å². The van der Waals surface area contributed by atoms with Gasteiger partial charge in [0.1, 0.15) is 0 Å². The monoisotopic (exact) mass is 275 g/mol. The van der Waals surface area contributed by atoms with Crippen molar-refractivity contribution in [3.63, 3.8) is 0 Å². The van der Waals surface area contributed by atoms with Crippen LogP contribution in [0.5, 0.6) is 0 Å². The average Bonchev–Trinajstić information content (AvgIpc) is 2.31. The number of hydrogen-bond acceptors (Lipinski definition) is 3. The van der Waals surface area contributed by atoms with E-state index >= 15 is 0 Å². The SMILES string of the molecule is CC[C@H](C(=O)NC(C)(C)C)N1CC(c2ccccn2)C1. The van der Waals surface area contributed by atoms with Gasteiger partial charge in [-0.25, -0.2) is 0 Å². The van der Waals surface area contributed by atoms with Crippen LogP contribution < -0.4 is 5.32 Å². The Kier molecular flexibility index (Phi) is 4.43. The van der Waals surface area contributed by atoms with Crippen molar-refractivity contribution in [2.24, 2.45) is 0 Å². The molecule has 0 spiro atoms. The molecule has 1 fully saturated rings. The Bertz CT molecular complexity index is 447. The number of nitrogens with one attached hydrogen (secondary N) is 1.